The molecule has 0 aliphatic carbocycles. The smallest absolute Gasteiger partial charge is 0.335 e. The molecule has 9 nitrogen and oxygen atoms in total. The maximum absolute atomic E-state index is 14.1. The molecule has 3 heterocycles. The highest BCUT2D eigenvalue weighted by atomic mass is 35.5. The number of nitrogens with one attached hydrogen (secondary N) is 1. The van der Waals surface area contributed by atoms with Gasteiger partial charge in [-0.1, -0.05) is 39.0 Å². The second kappa shape index (κ2) is 11.2. The first-order valence-electron chi connectivity index (χ1n) is 13.0. The van der Waals surface area contributed by atoms with Gasteiger partial charge in [-0.25, -0.2) is 14.6 Å². The molecule has 0 spiro atoms. The van der Waals surface area contributed by atoms with Gasteiger partial charge in [-0.2, -0.15) is 4.98 Å². The van der Waals surface area contributed by atoms with Crippen molar-refractivity contribution in [2.75, 3.05) is 25.0 Å². The number of hydrogen-bond acceptors (Lipinski definition) is 6. The van der Waals surface area contributed by atoms with Crippen molar-refractivity contribution in [1.82, 2.24) is 24.0 Å². The van der Waals surface area contributed by atoms with Crippen LogP contribution in [0.3, 0.4) is 0 Å². The Hall–Kier alpha value is -3.69. The molecule has 1 saturated heterocycles. The normalized spacial score (nSPS) is 16.2. The lowest BCUT2D eigenvalue weighted by Crippen LogP contribution is -2.43. The molecule has 1 aliphatic heterocycles. The van der Waals surface area contributed by atoms with Crippen LogP contribution in [0.25, 0.3) is 16.9 Å². The minimum absolute atomic E-state index is 0. The number of carbonyl (C=O) groups is 1. The van der Waals surface area contributed by atoms with Crippen molar-refractivity contribution in [3.63, 3.8) is 0 Å². The summed E-state index contributed by atoms with van der Waals surface area (Å²) in [6.07, 6.45) is 1.87. The van der Waals surface area contributed by atoms with Crippen LogP contribution in [0.1, 0.15) is 55.7 Å². The van der Waals surface area contributed by atoms with Gasteiger partial charge >= 0.3 is 11.7 Å². The van der Waals surface area contributed by atoms with Gasteiger partial charge in [-0.05, 0) is 68.1 Å². The molecular formula is C29H35ClN6O3. The molecule has 0 bridgehead atoms. The van der Waals surface area contributed by atoms with Crippen molar-refractivity contribution in [2.45, 2.75) is 46.6 Å². The van der Waals surface area contributed by atoms with E-state index in [2.05, 4.69) is 31.0 Å². The summed E-state index contributed by atoms with van der Waals surface area (Å²) in [5, 5.41) is 12.6. The summed E-state index contributed by atoms with van der Waals surface area (Å²) in [7, 11) is 0. The van der Waals surface area contributed by atoms with Crippen molar-refractivity contribution in [2.24, 2.45) is 5.41 Å². The number of aryl methyl sites for hydroxylation is 1. The Labute approximate surface area is 233 Å². The molecule has 0 saturated carbocycles. The molecule has 0 unspecified atom stereocenters. The first-order valence-corrected chi connectivity index (χ1v) is 13.0. The molecule has 2 aromatic heterocycles. The number of fused-ring (bicyclic) bond motifs is 1. The maximum Gasteiger partial charge on any atom is 0.335 e. The van der Waals surface area contributed by atoms with Crippen LogP contribution in [0.2, 0.25) is 0 Å². The van der Waals surface area contributed by atoms with Crippen molar-refractivity contribution in [1.29, 1.82) is 0 Å². The average molecular weight is 551 g/mol. The first kappa shape index (κ1) is 28.3. The fourth-order valence-corrected chi connectivity index (χ4v) is 5.36. The summed E-state index contributed by atoms with van der Waals surface area (Å²) in [6.45, 7) is 11.3. The predicted octanol–water partition coefficient (Wildman–Crippen LogP) is 5.44. The van der Waals surface area contributed by atoms with Crippen LogP contribution in [0.15, 0.2) is 59.4 Å². The van der Waals surface area contributed by atoms with Gasteiger partial charge in [0.1, 0.15) is 5.52 Å². The third kappa shape index (κ3) is 5.99. The predicted molar refractivity (Wildman–Crippen MR) is 156 cm³/mol. The van der Waals surface area contributed by atoms with Crippen molar-refractivity contribution >= 4 is 41.2 Å². The molecule has 10 heteroatoms. The zero-order chi connectivity index (χ0) is 27.0. The number of nitrogens with zero attached hydrogens (tertiary/aromatic N) is 5. The number of piperidine rings is 1. The number of benzene rings is 2. The van der Waals surface area contributed by atoms with Gasteiger partial charge in [-0.15, -0.1) is 12.4 Å². The van der Waals surface area contributed by atoms with Gasteiger partial charge in [0.05, 0.1) is 23.0 Å². The van der Waals surface area contributed by atoms with Gasteiger partial charge in [0.2, 0.25) is 5.95 Å². The molecule has 4 aromatic rings. The molecule has 0 radical (unpaired) electrons. The van der Waals surface area contributed by atoms with E-state index >= 15 is 0 Å². The minimum Gasteiger partial charge on any atom is -0.478 e. The van der Waals surface area contributed by atoms with Crippen LogP contribution < -0.4 is 11.0 Å². The van der Waals surface area contributed by atoms with Gasteiger partial charge in [-0.3, -0.25) is 9.13 Å². The fraction of sp³-hybridized carbons (Fsp3) is 0.379. The molecule has 2 N–H and O–H groups in total. The largest absolute Gasteiger partial charge is 0.478 e. The van der Waals surface area contributed by atoms with Gasteiger partial charge in [0, 0.05) is 18.8 Å². The van der Waals surface area contributed by atoms with Crippen molar-refractivity contribution in [3.8, 4) is 5.69 Å². The van der Waals surface area contributed by atoms with Gasteiger partial charge < -0.3 is 15.3 Å². The first-order chi connectivity index (χ1) is 18.1. The molecule has 2 aromatic carbocycles. The fourth-order valence-electron chi connectivity index (χ4n) is 5.36. The molecule has 1 fully saturated rings. The van der Waals surface area contributed by atoms with Crippen LogP contribution in [0, 0.1) is 12.3 Å². The second-order valence-corrected chi connectivity index (χ2v) is 11.2. The zero-order valence-corrected chi connectivity index (χ0v) is 23.5. The van der Waals surface area contributed by atoms with Crippen molar-refractivity contribution in [3.05, 3.63) is 76.3 Å². The summed E-state index contributed by atoms with van der Waals surface area (Å²) in [4.78, 5) is 37.5. The molecular weight excluding hydrogens is 516 g/mol. The number of anilines is 2. The lowest BCUT2D eigenvalue weighted by Gasteiger charge is -2.36. The van der Waals surface area contributed by atoms with Gasteiger partial charge in [0.25, 0.3) is 0 Å². The number of para-hydroxylation sites is 1. The van der Waals surface area contributed by atoms with E-state index in [0.29, 0.717) is 28.5 Å². The number of imidazole rings is 1. The Bertz CT molecular complexity index is 1520. The summed E-state index contributed by atoms with van der Waals surface area (Å²) in [6, 6.07) is 16.0. The number of carboxylic acids is 1. The molecule has 1 atom stereocenters. The highest BCUT2D eigenvalue weighted by Gasteiger charge is 2.30. The van der Waals surface area contributed by atoms with E-state index in [4.69, 9.17) is 9.97 Å². The van der Waals surface area contributed by atoms with Crippen LogP contribution in [-0.2, 0) is 0 Å². The lowest BCUT2D eigenvalue weighted by atomic mass is 9.94. The molecule has 0 amide bonds. The second-order valence-electron chi connectivity index (χ2n) is 11.2. The average Bonchev–Trinajstić information content (AvgIpc) is 3.16. The van der Waals surface area contributed by atoms with E-state index < -0.39 is 5.97 Å². The third-order valence-corrected chi connectivity index (χ3v) is 6.84. The SMILES string of the molecule is Cc1nc(Nc2ccccc2)nc2c1n(-c1ccc(C(=O)O)cc1)c(=O)n2[C@H]1CCCN(CC(C)(C)C)C1.Cl. The Morgan fingerprint density at radius 3 is 2.41 bits per heavy atom. The summed E-state index contributed by atoms with van der Waals surface area (Å²) in [5.74, 6) is -0.584. The van der Waals surface area contributed by atoms with Crippen LogP contribution in [-0.4, -0.2) is 54.7 Å². The topological polar surface area (TPSA) is 105 Å². The Balaban J connectivity index is 0.00000353. The van der Waals surface area contributed by atoms with Crippen molar-refractivity contribution < 1.29 is 9.90 Å². The zero-order valence-electron chi connectivity index (χ0n) is 22.7. The summed E-state index contributed by atoms with van der Waals surface area (Å²) < 4.78 is 3.44. The number of hydrogen-bond donors (Lipinski definition) is 2. The molecule has 1 aliphatic rings. The lowest BCUT2D eigenvalue weighted by molar-refractivity contribution is 0.0697. The highest BCUT2D eigenvalue weighted by Crippen LogP contribution is 2.29. The summed E-state index contributed by atoms with van der Waals surface area (Å²) >= 11 is 0. The van der Waals surface area contributed by atoms with Gasteiger partial charge in [0.15, 0.2) is 5.65 Å². The van der Waals surface area contributed by atoms with E-state index in [1.54, 1.807) is 16.7 Å². The molecule has 39 heavy (non-hydrogen) atoms. The molecule has 5 rings (SSSR count). The minimum atomic E-state index is -1.01. The molecule has 206 valence electrons. The number of rotatable bonds is 6. The highest BCUT2D eigenvalue weighted by molar-refractivity contribution is 5.88. The van der Waals surface area contributed by atoms with E-state index in [-0.39, 0.29) is 35.1 Å². The standard InChI is InChI=1S/C29H34N6O3.ClH/c1-19-24-25(32-27(30-19)31-21-9-6-5-7-10-21)35(23-11-8-16-33(17-23)18-29(2,3)4)28(38)34(24)22-14-12-20(13-15-22)26(36)37;/h5-7,9-10,12-15,23H,8,11,16-18H2,1-4H3,(H,36,37)(H,30,31,32);1H/t23-;/m0./s1. The van der Waals surface area contributed by atoms with E-state index in [1.165, 1.54) is 12.1 Å². The number of carboxylic acid groups (broad SMARTS) is 1. The Kier molecular flexibility index (Phi) is 8.13. The Morgan fingerprint density at radius 1 is 1.08 bits per heavy atom. The van der Waals surface area contributed by atoms with Crippen LogP contribution in [0.5, 0.6) is 0 Å². The van der Waals surface area contributed by atoms with E-state index in [0.717, 1.165) is 38.2 Å². The number of aromatic carboxylic acids is 1. The monoisotopic (exact) mass is 550 g/mol. The quantitative estimate of drug-likeness (QED) is 0.329. The Morgan fingerprint density at radius 2 is 1.77 bits per heavy atom. The van der Waals surface area contributed by atoms with Crippen LogP contribution in [0.4, 0.5) is 11.6 Å². The van der Waals surface area contributed by atoms with E-state index in [1.807, 2.05) is 41.8 Å². The number of halogens is 1. The number of likely N-dealkylation sites (tertiary alicyclic amines) is 1. The maximum atomic E-state index is 14.1. The summed E-state index contributed by atoms with van der Waals surface area (Å²) in [5.41, 5.74) is 3.43. The third-order valence-electron chi connectivity index (χ3n) is 6.84. The van der Waals surface area contributed by atoms with E-state index in [9.17, 15) is 14.7 Å². The number of aromatic nitrogens is 4. The van der Waals surface area contributed by atoms with Crippen LogP contribution >= 0.6 is 12.4 Å².